The van der Waals surface area contributed by atoms with Crippen molar-refractivity contribution in [1.82, 2.24) is 9.80 Å². The summed E-state index contributed by atoms with van der Waals surface area (Å²) in [6.45, 7) is 7.15. The molecular weight excluding hydrogens is 214 g/mol. The van der Waals surface area contributed by atoms with Gasteiger partial charge in [0, 0.05) is 31.6 Å². The summed E-state index contributed by atoms with van der Waals surface area (Å²) in [5, 5.41) is 0. The number of likely N-dealkylation sites (N-methyl/N-ethyl adjacent to an activating group) is 1. The molecular formula is C13H27N3O. The Morgan fingerprint density at radius 1 is 1.41 bits per heavy atom. The third kappa shape index (κ3) is 4.28. The molecule has 2 unspecified atom stereocenters. The fourth-order valence-corrected chi connectivity index (χ4v) is 2.41. The highest BCUT2D eigenvalue weighted by Crippen LogP contribution is 2.14. The minimum absolute atomic E-state index is 0.0148. The fraction of sp³-hybridized carbons (Fsp3) is 0.923. The Morgan fingerprint density at radius 2 is 2.12 bits per heavy atom. The van der Waals surface area contributed by atoms with E-state index in [2.05, 4.69) is 23.8 Å². The average Bonchev–Trinajstić information content (AvgIpc) is 2.50. The summed E-state index contributed by atoms with van der Waals surface area (Å²) >= 11 is 0. The molecule has 100 valence electrons. The molecule has 1 heterocycles. The molecule has 4 nitrogen and oxygen atoms in total. The van der Waals surface area contributed by atoms with Gasteiger partial charge < -0.3 is 15.5 Å². The van der Waals surface area contributed by atoms with Gasteiger partial charge in [0.1, 0.15) is 0 Å². The van der Waals surface area contributed by atoms with E-state index in [1.165, 1.54) is 0 Å². The summed E-state index contributed by atoms with van der Waals surface area (Å²) in [5.41, 5.74) is 5.88. The largest absolute Gasteiger partial charge is 0.338 e. The highest BCUT2D eigenvalue weighted by Gasteiger charge is 2.26. The predicted octanol–water partition coefficient (Wildman–Crippen LogP) is 1.06. The van der Waals surface area contributed by atoms with Gasteiger partial charge >= 0.3 is 0 Å². The molecule has 0 aromatic rings. The predicted molar refractivity (Wildman–Crippen MR) is 70.8 cm³/mol. The van der Waals surface area contributed by atoms with Crippen LogP contribution >= 0.6 is 0 Å². The van der Waals surface area contributed by atoms with E-state index in [0.717, 1.165) is 38.9 Å². The van der Waals surface area contributed by atoms with E-state index in [-0.39, 0.29) is 11.9 Å². The van der Waals surface area contributed by atoms with Crippen molar-refractivity contribution in [3.8, 4) is 0 Å². The highest BCUT2D eigenvalue weighted by atomic mass is 16.2. The van der Waals surface area contributed by atoms with Gasteiger partial charge in [0.2, 0.25) is 5.91 Å². The molecule has 2 atom stereocenters. The SMILES string of the molecule is CCC(N)CC(=O)N1CCCN(C)CC1CC. The van der Waals surface area contributed by atoms with Crippen molar-refractivity contribution in [2.75, 3.05) is 26.7 Å². The van der Waals surface area contributed by atoms with Crippen LogP contribution in [0.25, 0.3) is 0 Å². The van der Waals surface area contributed by atoms with Crippen molar-refractivity contribution in [1.29, 1.82) is 0 Å². The summed E-state index contributed by atoms with van der Waals surface area (Å²) in [4.78, 5) is 16.6. The zero-order chi connectivity index (χ0) is 12.8. The molecule has 0 aromatic carbocycles. The number of carbonyl (C=O) groups is 1. The molecule has 0 aliphatic carbocycles. The molecule has 1 amide bonds. The lowest BCUT2D eigenvalue weighted by Crippen LogP contribution is -2.45. The first kappa shape index (κ1) is 14.5. The van der Waals surface area contributed by atoms with Crippen LogP contribution in [0.3, 0.4) is 0 Å². The van der Waals surface area contributed by atoms with Gasteiger partial charge in [-0.3, -0.25) is 4.79 Å². The zero-order valence-corrected chi connectivity index (χ0v) is 11.5. The summed E-state index contributed by atoms with van der Waals surface area (Å²) < 4.78 is 0. The topological polar surface area (TPSA) is 49.6 Å². The van der Waals surface area contributed by atoms with Crippen LogP contribution in [0, 0.1) is 0 Å². The van der Waals surface area contributed by atoms with Crippen molar-refractivity contribution in [3.63, 3.8) is 0 Å². The van der Waals surface area contributed by atoms with Crippen molar-refractivity contribution in [2.45, 2.75) is 51.6 Å². The molecule has 0 saturated carbocycles. The second-order valence-corrected chi connectivity index (χ2v) is 5.14. The number of carbonyl (C=O) groups excluding carboxylic acids is 1. The van der Waals surface area contributed by atoms with Crippen LogP contribution in [0.15, 0.2) is 0 Å². The Bertz CT molecular complexity index is 245. The first-order valence-corrected chi connectivity index (χ1v) is 6.82. The van der Waals surface area contributed by atoms with Crippen molar-refractivity contribution >= 4 is 5.91 Å². The standard InChI is InChI=1S/C13H27N3O/c1-4-11(14)9-13(17)16-8-6-7-15(3)10-12(16)5-2/h11-12H,4-10,14H2,1-3H3. The van der Waals surface area contributed by atoms with Crippen LogP contribution < -0.4 is 5.73 Å². The van der Waals surface area contributed by atoms with E-state index in [0.29, 0.717) is 12.5 Å². The Labute approximate surface area is 105 Å². The van der Waals surface area contributed by atoms with Crippen LogP contribution in [0.4, 0.5) is 0 Å². The third-order valence-corrected chi connectivity index (χ3v) is 3.65. The quantitative estimate of drug-likeness (QED) is 0.800. The molecule has 0 aromatic heterocycles. The lowest BCUT2D eigenvalue weighted by Gasteiger charge is -2.31. The zero-order valence-electron chi connectivity index (χ0n) is 11.5. The Balaban J connectivity index is 2.61. The summed E-state index contributed by atoms with van der Waals surface area (Å²) in [7, 11) is 2.13. The number of hydrogen-bond acceptors (Lipinski definition) is 3. The van der Waals surface area contributed by atoms with Crippen LogP contribution in [-0.4, -0.2) is 54.5 Å². The van der Waals surface area contributed by atoms with Gasteiger partial charge in [0.05, 0.1) is 0 Å². The van der Waals surface area contributed by atoms with Gasteiger partial charge in [-0.2, -0.15) is 0 Å². The first-order valence-electron chi connectivity index (χ1n) is 6.82. The normalized spacial score (nSPS) is 24.5. The highest BCUT2D eigenvalue weighted by molar-refractivity contribution is 5.77. The second kappa shape index (κ2) is 6.97. The molecule has 2 N–H and O–H groups in total. The van der Waals surface area contributed by atoms with Crippen molar-refractivity contribution in [2.24, 2.45) is 5.73 Å². The maximum Gasteiger partial charge on any atom is 0.224 e. The molecule has 0 spiro atoms. The van der Waals surface area contributed by atoms with Gasteiger partial charge in [0.25, 0.3) is 0 Å². The molecule has 1 fully saturated rings. The van der Waals surface area contributed by atoms with E-state index in [4.69, 9.17) is 5.73 Å². The smallest absolute Gasteiger partial charge is 0.224 e. The molecule has 0 radical (unpaired) electrons. The Hall–Kier alpha value is -0.610. The number of amides is 1. The molecule has 1 rings (SSSR count). The van der Waals surface area contributed by atoms with Crippen LogP contribution in [0.1, 0.15) is 39.5 Å². The summed E-state index contributed by atoms with van der Waals surface area (Å²) in [5.74, 6) is 0.238. The van der Waals surface area contributed by atoms with Gasteiger partial charge in [-0.15, -0.1) is 0 Å². The van der Waals surface area contributed by atoms with E-state index in [1.807, 2.05) is 6.92 Å². The van der Waals surface area contributed by atoms with Gasteiger partial charge in [-0.1, -0.05) is 13.8 Å². The molecule has 4 heteroatoms. The molecule has 1 aliphatic rings. The van der Waals surface area contributed by atoms with Crippen LogP contribution in [0.2, 0.25) is 0 Å². The van der Waals surface area contributed by atoms with E-state index in [1.54, 1.807) is 0 Å². The van der Waals surface area contributed by atoms with E-state index >= 15 is 0 Å². The monoisotopic (exact) mass is 241 g/mol. The van der Waals surface area contributed by atoms with Crippen molar-refractivity contribution in [3.05, 3.63) is 0 Å². The molecule has 17 heavy (non-hydrogen) atoms. The minimum Gasteiger partial charge on any atom is -0.338 e. The van der Waals surface area contributed by atoms with Gasteiger partial charge in [-0.25, -0.2) is 0 Å². The lowest BCUT2D eigenvalue weighted by atomic mass is 10.1. The van der Waals surface area contributed by atoms with E-state index in [9.17, 15) is 4.79 Å². The molecule has 0 bridgehead atoms. The lowest BCUT2D eigenvalue weighted by molar-refractivity contribution is -0.133. The minimum atomic E-state index is 0.0148. The number of nitrogens with zero attached hydrogens (tertiary/aromatic N) is 2. The number of hydrogen-bond donors (Lipinski definition) is 1. The maximum absolute atomic E-state index is 12.2. The Kier molecular flexibility index (Phi) is 5.92. The molecule has 1 aliphatic heterocycles. The van der Waals surface area contributed by atoms with Gasteiger partial charge in [0.15, 0.2) is 0 Å². The Morgan fingerprint density at radius 3 is 2.71 bits per heavy atom. The van der Waals surface area contributed by atoms with Gasteiger partial charge in [-0.05, 0) is 32.9 Å². The average molecular weight is 241 g/mol. The second-order valence-electron chi connectivity index (χ2n) is 5.14. The summed E-state index contributed by atoms with van der Waals surface area (Å²) in [6.07, 6.45) is 3.46. The van der Waals surface area contributed by atoms with Crippen molar-refractivity contribution < 1.29 is 4.79 Å². The fourth-order valence-electron chi connectivity index (χ4n) is 2.41. The van der Waals surface area contributed by atoms with Crippen LogP contribution in [-0.2, 0) is 4.79 Å². The maximum atomic E-state index is 12.2. The number of nitrogens with two attached hydrogens (primary N) is 1. The van der Waals surface area contributed by atoms with E-state index < -0.39 is 0 Å². The first-order chi connectivity index (χ1) is 8.08. The van der Waals surface area contributed by atoms with Crippen LogP contribution in [0.5, 0.6) is 0 Å². The third-order valence-electron chi connectivity index (χ3n) is 3.65. The molecule has 1 saturated heterocycles. The number of rotatable bonds is 4. The summed E-state index contributed by atoms with van der Waals surface area (Å²) in [6, 6.07) is 0.375.